The third-order valence-corrected chi connectivity index (χ3v) is 3.63. The minimum atomic E-state index is 0.797. The van der Waals surface area contributed by atoms with E-state index in [0.29, 0.717) is 0 Å². The van der Waals surface area contributed by atoms with Crippen LogP contribution in [0.5, 0.6) is 0 Å². The summed E-state index contributed by atoms with van der Waals surface area (Å²) in [7, 11) is 2.06. The largest absolute Gasteiger partial charge is 0.370 e. The fourth-order valence-electron chi connectivity index (χ4n) is 1.98. The molecule has 0 saturated heterocycles. The van der Waals surface area contributed by atoms with E-state index in [1.807, 2.05) is 18.4 Å². The summed E-state index contributed by atoms with van der Waals surface area (Å²) < 4.78 is 0. The van der Waals surface area contributed by atoms with Gasteiger partial charge in [-0.25, -0.2) is 9.97 Å². The van der Waals surface area contributed by atoms with Crippen molar-refractivity contribution in [2.24, 2.45) is 0 Å². The summed E-state index contributed by atoms with van der Waals surface area (Å²) in [6.45, 7) is 3.90. The second-order valence-electron chi connectivity index (χ2n) is 4.87. The first-order valence-electron chi connectivity index (χ1n) is 7.15. The van der Waals surface area contributed by atoms with Gasteiger partial charge in [-0.05, 0) is 18.2 Å². The van der Waals surface area contributed by atoms with Gasteiger partial charge in [0.1, 0.15) is 11.6 Å². The molecule has 0 radical (unpaired) electrons. The molecule has 1 N–H and O–H groups in total. The third-order valence-electron chi connectivity index (χ3n) is 3.08. The summed E-state index contributed by atoms with van der Waals surface area (Å²) in [6.07, 6.45) is 3.08. The van der Waals surface area contributed by atoms with Crippen LogP contribution in [0.3, 0.4) is 0 Å². The van der Waals surface area contributed by atoms with Gasteiger partial charge in [0.05, 0.1) is 0 Å². The molecule has 1 aromatic carbocycles. The maximum absolute atomic E-state index is 4.59. The van der Waals surface area contributed by atoms with Crippen molar-refractivity contribution in [3.05, 3.63) is 42.0 Å². The van der Waals surface area contributed by atoms with E-state index in [-0.39, 0.29) is 0 Å². The lowest BCUT2D eigenvalue weighted by molar-refractivity contribution is 0.853. The Morgan fingerprint density at radius 2 is 1.95 bits per heavy atom. The van der Waals surface area contributed by atoms with E-state index in [1.165, 1.54) is 5.56 Å². The van der Waals surface area contributed by atoms with Crippen LogP contribution in [-0.2, 0) is 6.54 Å². The molecule has 2 aromatic rings. The molecule has 0 bridgehead atoms. The summed E-state index contributed by atoms with van der Waals surface area (Å²) >= 11 is 1.57. The van der Waals surface area contributed by atoms with Crippen LogP contribution in [0.2, 0.25) is 0 Å². The lowest BCUT2D eigenvalue weighted by Crippen LogP contribution is -2.18. The van der Waals surface area contributed by atoms with Crippen LogP contribution in [0.25, 0.3) is 0 Å². The summed E-state index contributed by atoms with van der Waals surface area (Å²) in [6, 6.07) is 12.4. The molecule has 2 rings (SSSR count). The van der Waals surface area contributed by atoms with Gasteiger partial charge in [-0.1, -0.05) is 49.0 Å². The number of nitrogens with one attached hydrogen (secondary N) is 1. The van der Waals surface area contributed by atoms with Gasteiger partial charge in [-0.2, -0.15) is 0 Å². The molecule has 21 heavy (non-hydrogen) atoms. The Morgan fingerprint density at radius 1 is 1.19 bits per heavy atom. The summed E-state index contributed by atoms with van der Waals surface area (Å²) in [4.78, 5) is 11.2. The molecule has 112 valence electrons. The fraction of sp³-hybridized carbons (Fsp3) is 0.375. The van der Waals surface area contributed by atoms with Crippen molar-refractivity contribution in [3.8, 4) is 0 Å². The predicted octanol–water partition coefficient (Wildman–Crippen LogP) is 3.66. The van der Waals surface area contributed by atoms with Gasteiger partial charge < -0.3 is 10.2 Å². The highest BCUT2D eigenvalue weighted by Crippen LogP contribution is 2.21. The molecular weight excluding hydrogens is 280 g/mol. The fourth-order valence-corrected chi connectivity index (χ4v) is 2.36. The molecule has 1 heterocycles. The molecule has 0 aliphatic rings. The van der Waals surface area contributed by atoms with Crippen molar-refractivity contribution >= 4 is 23.4 Å². The van der Waals surface area contributed by atoms with E-state index in [2.05, 4.69) is 58.4 Å². The van der Waals surface area contributed by atoms with Crippen molar-refractivity contribution < 1.29 is 0 Å². The van der Waals surface area contributed by atoms with Crippen molar-refractivity contribution in [1.82, 2.24) is 9.97 Å². The number of rotatable bonds is 7. The van der Waals surface area contributed by atoms with Gasteiger partial charge in [-0.15, -0.1) is 0 Å². The molecule has 0 atom stereocenters. The Bertz CT molecular complexity index is 559. The highest BCUT2D eigenvalue weighted by Gasteiger charge is 2.08. The molecule has 0 aliphatic heterocycles. The number of aromatic nitrogens is 2. The van der Waals surface area contributed by atoms with E-state index in [9.17, 15) is 0 Å². The minimum absolute atomic E-state index is 0.797. The maximum Gasteiger partial charge on any atom is 0.191 e. The zero-order valence-corrected chi connectivity index (χ0v) is 13.7. The summed E-state index contributed by atoms with van der Waals surface area (Å²) in [5, 5.41) is 4.13. The van der Waals surface area contributed by atoms with Crippen molar-refractivity contribution in [2.75, 3.05) is 30.1 Å². The van der Waals surface area contributed by atoms with E-state index in [1.54, 1.807) is 11.8 Å². The SMILES string of the molecule is CCCNc1cc(N(C)Cc2ccccc2)nc(SC)n1. The topological polar surface area (TPSA) is 41.0 Å². The van der Waals surface area contributed by atoms with E-state index in [0.717, 1.165) is 36.3 Å². The Balaban J connectivity index is 2.16. The van der Waals surface area contributed by atoms with Crippen molar-refractivity contribution in [3.63, 3.8) is 0 Å². The molecule has 4 nitrogen and oxygen atoms in total. The normalized spacial score (nSPS) is 10.4. The van der Waals surface area contributed by atoms with Crippen LogP contribution in [0, 0.1) is 0 Å². The van der Waals surface area contributed by atoms with Crippen LogP contribution in [0.4, 0.5) is 11.6 Å². The number of hydrogen-bond donors (Lipinski definition) is 1. The van der Waals surface area contributed by atoms with E-state index >= 15 is 0 Å². The first-order valence-corrected chi connectivity index (χ1v) is 8.37. The molecule has 0 spiro atoms. The van der Waals surface area contributed by atoms with Crippen LogP contribution in [0.1, 0.15) is 18.9 Å². The average molecular weight is 302 g/mol. The first kappa shape index (κ1) is 15.6. The van der Waals surface area contributed by atoms with E-state index < -0.39 is 0 Å². The van der Waals surface area contributed by atoms with Crippen LogP contribution in [-0.4, -0.2) is 29.8 Å². The molecule has 0 unspecified atom stereocenters. The smallest absolute Gasteiger partial charge is 0.191 e. The first-order chi connectivity index (χ1) is 10.2. The van der Waals surface area contributed by atoms with Crippen LogP contribution < -0.4 is 10.2 Å². The third kappa shape index (κ3) is 4.63. The minimum Gasteiger partial charge on any atom is -0.370 e. The van der Waals surface area contributed by atoms with Gasteiger partial charge >= 0.3 is 0 Å². The van der Waals surface area contributed by atoms with Crippen molar-refractivity contribution in [1.29, 1.82) is 0 Å². The Kier molecular flexibility index (Phi) is 5.87. The molecule has 1 aromatic heterocycles. The molecule has 0 amide bonds. The second-order valence-corrected chi connectivity index (χ2v) is 5.64. The Hall–Kier alpha value is -1.75. The lowest BCUT2D eigenvalue weighted by Gasteiger charge is -2.19. The molecule has 0 fully saturated rings. The van der Waals surface area contributed by atoms with Gasteiger partial charge in [0.25, 0.3) is 0 Å². The molecule has 0 saturated carbocycles. The monoisotopic (exact) mass is 302 g/mol. The van der Waals surface area contributed by atoms with E-state index in [4.69, 9.17) is 0 Å². The highest BCUT2D eigenvalue weighted by molar-refractivity contribution is 7.98. The van der Waals surface area contributed by atoms with Gasteiger partial charge in [0, 0.05) is 26.2 Å². The standard InChI is InChI=1S/C16H22N4S/c1-4-10-17-14-11-15(19-16(18-14)21-3)20(2)12-13-8-6-5-7-9-13/h5-9,11H,4,10,12H2,1-3H3,(H,17,18,19). The van der Waals surface area contributed by atoms with Gasteiger partial charge in [-0.3, -0.25) is 0 Å². The zero-order chi connectivity index (χ0) is 15.1. The number of benzene rings is 1. The lowest BCUT2D eigenvalue weighted by atomic mass is 10.2. The summed E-state index contributed by atoms with van der Waals surface area (Å²) in [5.74, 6) is 1.84. The predicted molar refractivity (Wildman–Crippen MR) is 91.1 cm³/mol. The highest BCUT2D eigenvalue weighted by atomic mass is 32.2. The number of nitrogens with zero attached hydrogens (tertiary/aromatic N) is 3. The van der Waals surface area contributed by atoms with Gasteiger partial charge in [0.15, 0.2) is 5.16 Å². The van der Waals surface area contributed by atoms with Crippen LogP contribution in [0.15, 0.2) is 41.6 Å². The number of thioether (sulfide) groups is 1. The van der Waals surface area contributed by atoms with Crippen LogP contribution >= 0.6 is 11.8 Å². The summed E-state index contributed by atoms with van der Waals surface area (Å²) in [5.41, 5.74) is 1.27. The number of hydrogen-bond acceptors (Lipinski definition) is 5. The molecule has 5 heteroatoms. The molecular formula is C16H22N4S. The number of anilines is 2. The second kappa shape index (κ2) is 7.88. The Morgan fingerprint density at radius 3 is 2.62 bits per heavy atom. The quantitative estimate of drug-likeness (QED) is 0.624. The Labute approximate surface area is 131 Å². The maximum atomic E-state index is 4.59. The van der Waals surface area contributed by atoms with Crippen molar-refractivity contribution in [2.45, 2.75) is 25.0 Å². The van der Waals surface area contributed by atoms with Gasteiger partial charge in [0.2, 0.25) is 0 Å². The zero-order valence-electron chi connectivity index (χ0n) is 12.8. The molecule has 0 aliphatic carbocycles. The average Bonchev–Trinajstić information content (AvgIpc) is 2.53.